The van der Waals surface area contributed by atoms with Gasteiger partial charge in [0, 0.05) is 39.3 Å². The van der Waals surface area contributed by atoms with E-state index in [1.54, 1.807) is 6.20 Å². The van der Waals surface area contributed by atoms with E-state index in [2.05, 4.69) is 26.0 Å². The highest BCUT2D eigenvalue weighted by Crippen LogP contribution is 2.57. The first-order valence-corrected chi connectivity index (χ1v) is 12.2. The zero-order valence-corrected chi connectivity index (χ0v) is 18.3. The Labute approximate surface area is 181 Å². The molecule has 1 aliphatic heterocycles. The van der Waals surface area contributed by atoms with Crippen LogP contribution in [-0.2, 0) is 9.98 Å². The fourth-order valence-corrected chi connectivity index (χ4v) is 8.22. The lowest BCUT2D eigenvalue weighted by atomic mass is 9.78. The van der Waals surface area contributed by atoms with Gasteiger partial charge >= 0.3 is 0 Å². The number of hydrogen-bond acceptors (Lipinski definition) is 3. The number of nitrogens with zero attached hydrogens (tertiary/aromatic N) is 2. The van der Waals surface area contributed by atoms with Gasteiger partial charge in [-0.05, 0) is 34.9 Å². The molecule has 2 aromatic carbocycles. The van der Waals surface area contributed by atoms with E-state index < -0.39 is 7.14 Å². The number of allylic oxidation sites excluding steroid dienone is 1. The van der Waals surface area contributed by atoms with Crippen LogP contribution in [0.2, 0.25) is 0 Å². The molecule has 0 amide bonds. The van der Waals surface area contributed by atoms with Crippen molar-refractivity contribution < 1.29 is 4.57 Å². The Kier molecular flexibility index (Phi) is 3.79. The van der Waals surface area contributed by atoms with Gasteiger partial charge in [-0.1, -0.05) is 74.5 Å². The Morgan fingerprint density at radius 1 is 0.710 bits per heavy atom. The van der Waals surface area contributed by atoms with Crippen LogP contribution in [0.1, 0.15) is 36.4 Å². The van der Waals surface area contributed by atoms with E-state index in [9.17, 15) is 0 Å². The SMILES string of the molecule is CC1(C)C2=C(c3ncccc31)c1ncccc1P(=O)(c1ccccc1)c1ccccc12. The summed E-state index contributed by atoms with van der Waals surface area (Å²) in [6.07, 6.45) is 3.63. The molecule has 0 bridgehead atoms. The second-order valence-electron chi connectivity index (χ2n) is 8.61. The van der Waals surface area contributed by atoms with Gasteiger partial charge in [-0.25, -0.2) is 0 Å². The molecule has 0 saturated carbocycles. The highest BCUT2D eigenvalue weighted by molar-refractivity contribution is 7.85. The fraction of sp³-hybridized carbons (Fsp3) is 0.111. The number of fused-ring (bicyclic) bond motifs is 6. The maximum absolute atomic E-state index is 15.2. The summed E-state index contributed by atoms with van der Waals surface area (Å²) >= 11 is 0. The van der Waals surface area contributed by atoms with Crippen molar-refractivity contribution in [3.8, 4) is 0 Å². The number of pyridine rings is 2. The average Bonchev–Trinajstić information content (AvgIpc) is 2.99. The van der Waals surface area contributed by atoms with E-state index in [0.29, 0.717) is 0 Å². The van der Waals surface area contributed by atoms with Crippen LogP contribution in [-0.4, -0.2) is 9.97 Å². The molecule has 3 heterocycles. The molecular formula is C27H21N2OP. The van der Waals surface area contributed by atoms with Crippen molar-refractivity contribution in [1.29, 1.82) is 0 Å². The summed E-state index contributed by atoms with van der Waals surface area (Å²) in [7, 11) is -3.14. The quantitative estimate of drug-likeness (QED) is 0.420. The predicted octanol–water partition coefficient (Wildman–Crippen LogP) is 4.68. The largest absolute Gasteiger partial charge is 0.309 e. The zero-order chi connectivity index (χ0) is 21.2. The minimum absolute atomic E-state index is 0.282. The molecule has 0 fully saturated rings. The third kappa shape index (κ3) is 2.33. The summed E-state index contributed by atoms with van der Waals surface area (Å²) in [4.78, 5) is 9.61. The lowest BCUT2D eigenvalue weighted by Gasteiger charge is -2.27. The van der Waals surface area contributed by atoms with Crippen LogP contribution in [0.5, 0.6) is 0 Å². The molecule has 0 N–H and O–H groups in total. The molecular weight excluding hydrogens is 399 g/mol. The Morgan fingerprint density at radius 3 is 2.16 bits per heavy atom. The number of benzene rings is 2. The summed E-state index contributed by atoms with van der Waals surface area (Å²) in [5.41, 5.74) is 5.83. The van der Waals surface area contributed by atoms with Gasteiger partial charge < -0.3 is 4.57 Å². The summed E-state index contributed by atoms with van der Waals surface area (Å²) in [5, 5.41) is 2.49. The first-order valence-electron chi connectivity index (χ1n) is 10.5. The smallest absolute Gasteiger partial charge is 0.173 e. The van der Waals surface area contributed by atoms with Gasteiger partial charge in [0.2, 0.25) is 0 Å². The van der Waals surface area contributed by atoms with Gasteiger partial charge in [-0.3, -0.25) is 9.97 Å². The van der Waals surface area contributed by atoms with Crippen molar-refractivity contribution >= 4 is 34.2 Å². The fourth-order valence-electron chi connectivity index (χ4n) is 5.23. The van der Waals surface area contributed by atoms with Crippen LogP contribution in [0.15, 0.2) is 91.3 Å². The Bertz CT molecular complexity index is 1440. The molecule has 4 aromatic rings. The highest BCUT2D eigenvalue weighted by Gasteiger charge is 2.47. The normalized spacial score (nSPS) is 20.3. The summed E-state index contributed by atoms with van der Waals surface area (Å²) in [6.45, 7) is 4.46. The van der Waals surface area contributed by atoms with Crippen molar-refractivity contribution in [2.75, 3.05) is 0 Å². The zero-order valence-electron chi connectivity index (χ0n) is 17.4. The van der Waals surface area contributed by atoms with Crippen molar-refractivity contribution in [2.45, 2.75) is 19.3 Å². The molecule has 1 atom stereocenters. The van der Waals surface area contributed by atoms with E-state index in [1.807, 2.05) is 72.9 Å². The Balaban J connectivity index is 1.83. The highest BCUT2D eigenvalue weighted by atomic mass is 31.2. The van der Waals surface area contributed by atoms with Gasteiger partial charge in [0.25, 0.3) is 0 Å². The maximum atomic E-state index is 15.2. The average molecular weight is 420 g/mol. The molecule has 6 rings (SSSR count). The molecule has 150 valence electrons. The number of hydrogen-bond donors (Lipinski definition) is 0. The molecule has 2 aliphatic rings. The van der Waals surface area contributed by atoms with E-state index in [1.165, 1.54) is 5.56 Å². The van der Waals surface area contributed by atoms with Crippen LogP contribution in [0.4, 0.5) is 0 Å². The van der Waals surface area contributed by atoms with Crippen LogP contribution >= 0.6 is 7.14 Å². The molecule has 0 spiro atoms. The Morgan fingerprint density at radius 2 is 1.35 bits per heavy atom. The van der Waals surface area contributed by atoms with Gasteiger partial charge in [0.1, 0.15) is 0 Å². The van der Waals surface area contributed by atoms with Gasteiger partial charge in [0.05, 0.1) is 11.4 Å². The molecule has 31 heavy (non-hydrogen) atoms. The molecule has 1 unspecified atom stereocenters. The minimum atomic E-state index is -3.14. The first kappa shape index (κ1) is 18.5. The maximum Gasteiger partial charge on any atom is 0.173 e. The van der Waals surface area contributed by atoms with Gasteiger partial charge in [0.15, 0.2) is 7.14 Å². The molecule has 3 nitrogen and oxygen atoms in total. The molecule has 1 aliphatic carbocycles. The second kappa shape index (κ2) is 6.35. The van der Waals surface area contributed by atoms with E-state index in [-0.39, 0.29) is 5.41 Å². The van der Waals surface area contributed by atoms with Crippen LogP contribution < -0.4 is 15.9 Å². The number of aromatic nitrogens is 2. The predicted molar refractivity (Wildman–Crippen MR) is 127 cm³/mol. The summed E-state index contributed by atoms with van der Waals surface area (Å²) < 4.78 is 15.2. The van der Waals surface area contributed by atoms with E-state index >= 15 is 4.57 Å². The van der Waals surface area contributed by atoms with Crippen molar-refractivity contribution in [3.63, 3.8) is 0 Å². The van der Waals surface area contributed by atoms with Crippen LogP contribution in [0.3, 0.4) is 0 Å². The minimum Gasteiger partial charge on any atom is -0.309 e. The topological polar surface area (TPSA) is 42.9 Å². The lowest BCUT2D eigenvalue weighted by molar-refractivity contribution is 0.592. The van der Waals surface area contributed by atoms with Crippen molar-refractivity contribution in [3.05, 3.63) is 114 Å². The van der Waals surface area contributed by atoms with Crippen molar-refractivity contribution in [1.82, 2.24) is 9.97 Å². The van der Waals surface area contributed by atoms with E-state index in [4.69, 9.17) is 9.97 Å². The molecule has 0 radical (unpaired) electrons. The van der Waals surface area contributed by atoms with E-state index in [0.717, 1.165) is 44.0 Å². The third-order valence-corrected chi connectivity index (χ3v) is 9.72. The van der Waals surface area contributed by atoms with Gasteiger partial charge in [-0.2, -0.15) is 0 Å². The summed E-state index contributed by atoms with van der Waals surface area (Å²) in [5.74, 6) is 0. The second-order valence-corrected chi connectivity index (χ2v) is 11.3. The molecule has 2 aromatic heterocycles. The molecule has 4 heteroatoms. The van der Waals surface area contributed by atoms with Crippen molar-refractivity contribution in [2.24, 2.45) is 0 Å². The standard InChI is InChI=1S/C27H21N2OP/c1-27(2)20-13-8-16-28-25(20)23-24(27)19-12-6-7-14-21(19)31(30,18-10-4-3-5-11-18)22-15-9-17-29-26(22)23/h3-17H,1-2H3. The third-order valence-electron chi connectivity index (χ3n) is 6.59. The summed E-state index contributed by atoms with van der Waals surface area (Å²) in [6, 6.07) is 26.0. The van der Waals surface area contributed by atoms with Gasteiger partial charge in [-0.15, -0.1) is 0 Å². The van der Waals surface area contributed by atoms with Crippen LogP contribution in [0.25, 0.3) is 11.1 Å². The number of rotatable bonds is 1. The molecule has 0 saturated heterocycles. The lowest BCUT2D eigenvalue weighted by Crippen LogP contribution is -2.29. The monoisotopic (exact) mass is 420 g/mol. The van der Waals surface area contributed by atoms with Crippen LogP contribution in [0, 0.1) is 0 Å². The Hall–Kier alpha value is -3.29. The first-order chi connectivity index (χ1) is 15.0.